The van der Waals surface area contributed by atoms with Crippen LogP contribution in [0.1, 0.15) is 12.0 Å². The van der Waals surface area contributed by atoms with E-state index in [1.807, 2.05) is 0 Å². The third-order valence-corrected chi connectivity index (χ3v) is 2.56. The first kappa shape index (κ1) is 10.6. The van der Waals surface area contributed by atoms with Crippen molar-refractivity contribution in [3.63, 3.8) is 0 Å². The summed E-state index contributed by atoms with van der Waals surface area (Å²) < 4.78 is 25.9. The fourth-order valence-corrected chi connectivity index (χ4v) is 1.49. The van der Waals surface area contributed by atoms with E-state index in [2.05, 4.69) is 15.9 Å². The van der Waals surface area contributed by atoms with E-state index in [0.717, 1.165) is 6.07 Å². The highest BCUT2D eigenvalue weighted by Gasteiger charge is 2.07. The molecule has 4 heteroatoms. The zero-order valence-electron chi connectivity index (χ0n) is 6.86. The van der Waals surface area contributed by atoms with Gasteiger partial charge in [0, 0.05) is 12.7 Å². The van der Waals surface area contributed by atoms with Crippen LogP contribution in [-0.2, 0) is 6.42 Å². The molecule has 0 spiro atoms. The van der Waals surface area contributed by atoms with Crippen molar-refractivity contribution in [3.05, 3.63) is 33.8 Å². The Morgan fingerprint density at radius 1 is 1.31 bits per heavy atom. The number of aliphatic hydroxyl groups excluding tert-OH is 1. The van der Waals surface area contributed by atoms with E-state index in [1.165, 1.54) is 6.07 Å². The van der Waals surface area contributed by atoms with Gasteiger partial charge in [0.1, 0.15) is 11.6 Å². The van der Waals surface area contributed by atoms with Gasteiger partial charge in [-0.25, -0.2) is 8.78 Å². The Labute approximate surface area is 83.5 Å². The molecule has 0 aliphatic rings. The maximum absolute atomic E-state index is 12.9. The molecular formula is C9H9BrF2O. The van der Waals surface area contributed by atoms with Gasteiger partial charge in [-0.05, 0) is 40.4 Å². The lowest BCUT2D eigenvalue weighted by molar-refractivity contribution is 0.288. The van der Waals surface area contributed by atoms with Crippen LogP contribution in [0.5, 0.6) is 0 Å². The average Bonchev–Trinajstić information content (AvgIpc) is 2.09. The van der Waals surface area contributed by atoms with E-state index < -0.39 is 11.6 Å². The van der Waals surface area contributed by atoms with Crippen LogP contribution in [0.3, 0.4) is 0 Å². The molecule has 1 aromatic carbocycles. The lowest BCUT2D eigenvalue weighted by Crippen LogP contribution is -1.94. The van der Waals surface area contributed by atoms with E-state index in [4.69, 9.17) is 5.11 Å². The second-order valence-corrected chi connectivity index (χ2v) is 3.48. The standard InChI is InChI=1S/C9H9BrF2O/c10-9-6(2-1-3-13)4-7(11)5-8(9)12/h4-5,13H,1-3H2. The van der Waals surface area contributed by atoms with Crippen LogP contribution in [0, 0.1) is 11.6 Å². The zero-order chi connectivity index (χ0) is 9.84. The molecule has 0 aliphatic carbocycles. The molecule has 0 unspecified atom stereocenters. The molecule has 1 nitrogen and oxygen atoms in total. The van der Waals surface area contributed by atoms with Crippen LogP contribution in [0.4, 0.5) is 8.78 Å². The molecule has 0 bridgehead atoms. The lowest BCUT2D eigenvalue weighted by atomic mass is 10.1. The van der Waals surface area contributed by atoms with Gasteiger partial charge in [0.2, 0.25) is 0 Å². The molecule has 13 heavy (non-hydrogen) atoms. The van der Waals surface area contributed by atoms with Gasteiger partial charge in [-0.2, -0.15) is 0 Å². The number of aliphatic hydroxyl groups is 1. The van der Waals surface area contributed by atoms with Crippen molar-refractivity contribution in [3.8, 4) is 0 Å². The SMILES string of the molecule is OCCCc1cc(F)cc(F)c1Br. The molecule has 1 aromatic rings. The number of benzene rings is 1. The molecule has 0 aliphatic heterocycles. The molecule has 0 saturated carbocycles. The average molecular weight is 251 g/mol. The number of rotatable bonds is 3. The largest absolute Gasteiger partial charge is 0.396 e. The molecule has 0 fully saturated rings. The first-order valence-corrected chi connectivity index (χ1v) is 4.68. The monoisotopic (exact) mass is 250 g/mol. The van der Waals surface area contributed by atoms with E-state index in [-0.39, 0.29) is 11.1 Å². The normalized spacial score (nSPS) is 10.5. The van der Waals surface area contributed by atoms with Crippen LogP contribution in [-0.4, -0.2) is 11.7 Å². The smallest absolute Gasteiger partial charge is 0.140 e. The second kappa shape index (κ2) is 4.67. The predicted molar refractivity (Wildman–Crippen MR) is 49.5 cm³/mol. The maximum atomic E-state index is 12.9. The van der Waals surface area contributed by atoms with Crippen LogP contribution in [0.25, 0.3) is 0 Å². The molecule has 0 radical (unpaired) electrons. The molecule has 0 amide bonds. The summed E-state index contributed by atoms with van der Waals surface area (Å²) in [5, 5.41) is 8.55. The van der Waals surface area contributed by atoms with Gasteiger partial charge in [-0.15, -0.1) is 0 Å². The number of aryl methyl sites for hydroxylation is 1. The summed E-state index contributed by atoms with van der Waals surface area (Å²) in [5.74, 6) is -1.19. The van der Waals surface area contributed by atoms with Crippen LogP contribution < -0.4 is 0 Å². The van der Waals surface area contributed by atoms with Gasteiger partial charge in [0.15, 0.2) is 0 Å². The van der Waals surface area contributed by atoms with Gasteiger partial charge in [-0.1, -0.05) is 0 Å². The van der Waals surface area contributed by atoms with E-state index in [1.54, 1.807) is 0 Å². The maximum Gasteiger partial charge on any atom is 0.140 e. The van der Waals surface area contributed by atoms with E-state index in [9.17, 15) is 8.78 Å². The summed E-state index contributed by atoms with van der Waals surface area (Å²) in [7, 11) is 0. The van der Waals surface area contributed by atoms with Gasteiger partial charge < -0.3 is 5.11 Å². The molecule has 0 saturated heterocycles. The number of halogens is 3. The fourth-order valence-electron chi connectivity index (χ4n) is 1.06. The number of hydrogen-bond donors (Lipinski definition) is 1. The van der Waals surface area contributed by atoms with Crippen molar-refractivity contribution >= 4 is 15.9 Å². The van der Waals surface area contributed by atoms with Gasteiger partial charge in [-0.3, -0.25) is 0 Å². The van der Waals surface area contributed by atoms with Gasteiger partial charge in [0.25, 0.3) is 0 Å². The van der Waals surface area contributed by atoms with Crippen LogP contribution in [0.15, 0.2) is 16.6 Å². The summed E-state index contributed by atoms with van der Waals surface area (Å²) in [4.78, 5) is 0. The van der Waals surface area contributed by atoms with Crippen LogP contribution >= 0.6 is 15.9 Å². The van der Waals surface area contributed by atoms with E-state index in [0.29, 0.717) is 18.4 Å². The van der Waals surface area contributed by atoms with Crippen molar-refractivity contribution in [2.75, 3.05) is 6.61 Å². The summed E-state index contributed by atoms with van der Waals surface area (Å²) in [6.45, 7) is 0.0184. The van der Waals surface area contributed by atoms with Crippen molar-refractivity contribution in [2.45, 2.75) is 12.8 Å². The molecule has 0 heterocycles. The van der Waals surface area contributed by atoms with E-state index >= 15 is 0 Å². The second-order valence-electron chi connectivity index (χ2n) is 2.69. The Morgan fingerprint density at radius 2 is 2.00 bits per heavy atom. The Morgan fingerprint density at radius 3 is 2.62 bits per heavy atom. The Hall–Kier alpha value is -0.480. The summed E-state index contributed by atoms with van der Waals surface area (Å²) >= 11 is 3.02. The molecule has 1 rings (SSSR count). The minimum absolute atomic E-state index is 0.0184. The quantitative estimate of drug-likeness (QED) is 0.819. The molecule has 0 atom stereocenters. The predicted octanol–water partition coefficient (Wildman–Crippen LogP) is 2.65. The van der Waals surface area contributed by atoms with Crippen LogP contribution in [0.2, 0.25) is 0 Å². The highest BCUT2D eigenvalue weighted by Crippen LogP contribution is 2.23. The third-order valence-electron chi connectivity index (χ3n) is 1.67. The molecular weight excluding hydrogens is 242 g/mol. The fraction of sp³-hybridized carbons (Fsp3) is 0.333. The summed E-state index contributed by atoms with van der Waals surface area (Å²) in [6.07, 6.45) is 0.966. The third kappa shape index (κ3) is 2.74. The van der Waals surface area contributed by atoms with Crippen molar-refractivity contribution < 1.29 is 13.9 Å². The minimum Gasteiger partial charge on any atom is -0.396 e. The summed E-state index contributed by atoms with van der Waals surface area (Å²) in [5.41, 5.74) is 0.548. The number of hydrogen-bond acceptors (Lipinski definition) is 1. The lowest BCUT2D eigenvalue weighted by Gasteiger charge is -2.04. The Kier molecular flexibility index (Phi) is 3.81. The highest BCUT2D eigenvalue weighted by molar-refractivity contribution is 9.10. The van der Waals surface area contributed by atoms with Crippen molar-refractivity contribution in [1.82, 2.24) is 0 Å². The molecule has 72 valence electrons. The Balaban J connectivity index is 2.92. The first-order chi connectivity index (χ1) is 6.15. The Bertz CT molecular complexity index is 302. The highest BCUT2D eigenvalue weighted by atomic mass is 79.9. The minimum atomic E-state index is -0.604. The topological polar surface area (TPSA) is 20.2 Å². The first-order valence-electron chi connectivity index (χ1n) is 3.89. The van der Waals surface area contributed by atoms with Gasteiger partial charge >= 0.3 is 0 Å². The summed E-state index contributed by atoms with van der Waals surface area (Å²) in [6, 6.07) is 2.09. The van der Waals surface area contributed by atoms with Crippen molar-refractivity contribution in [1.29, 1.82) is 0 Å². The molecule has 1 N–H and O–H groups in total. The zero-order valence-corrected chi connectivity index (χ0v) is 8.44. The van der Waals surface area contributed by atoms with Crippen molar-refractivity contribution in [2.24, 2.45) is 0 Å². The van der Waals surface area contributed by atoms with Gasteiger partial charge in [0.05, 0.1) is 4.47 Å². The molecule has 0 aromatic heterocycles.